The van der Waals surface area contributed by atoms with Gasteiger partial charge in [0, 0.05) is 17.2 Å². The second kappa shape index (κ2) is 6.12. The van der Waals surface area contributed by atoms with Crippen LogP contribution in [0.25, 0.3) is 6.08 Å². The summed E-state index contributed by atoms with van der Waals surface area (Å²) in [7, 11) is 0. The SMILES string of the molecule is Cc1ccc(NC(=O)c2ccc(C=CC(=O)O)s2)nc1. The van der Waals surface area contributed by atoms with Crippen LogP contribution in [0.5, 0.6) is 0 Å². The van der Waals surface area contributed by atoms with Gasteiger partial charge in [-0.3, -0.25) is 4.79 Å². The molecule has 5 nitrogen and oxygen atoms in total. The molecule has 1 amide bonds. The van der Waals surface area contributed by atoms with Gasteiger partial charge in [0.25, 0.3) is 5.91 Å². The number of carboxylic acid groups (broad SMARTS) is 1. The largest absolute Gasteiger partial charge is 0.478 e. The van der Waals surface area contributed by atoms with E-state index in [1.54, 1.807) is 24.4 Å². The van der Waals surface area contributed by atoms with Crippen molar-refractivity contribution >= 4 is 35.1 Å². The van der Waals surface area contributed by atoms with E-state index in [4.69, 9.17) is 5.11 Å². The molecule has 0 fully saturated rings. The van der Waals surface area contributed by atoms with E-state index in [0.29, 0.717) is 15.6 Å². The fourth-order valence-electron chi connectivity index (χ4n) is 1.44. The molecule has 0 radical (unpaired) electrons. The minimum Gasteiger partial charge on any atom is -0.478 e. The molecule has 0 spiro atoms. The molecule has 102 valence electrons. The maximum atomic E-state index is 12.0. The molecule has 0 atom stereocenters. The Morgan fingerprint density at radius 1 is 1.30 bits per heavy atom. The van der Waals surface area contributed by atoms with Gasteiger partial charge in [0.1, 0.15) is 5.82 Å². The maximum Gasteiger partial charge on any atom is 0.328 e. The van der Waals surface area contributed by atoms with Crippen LogP contribution >= 0.6 is 11.3 Å². The Morgan fingerprint density at radius 2 is 2.10 bits per heavy atom. The number of thiophene rings is 1. The van der Waals surface area contributed by atoms with Crippen molar-refractivity contribution < 1.29 is 14.7 Å². The van der Waals surface area contributed by atoms with Crippen LogP contribution in [0.3, 0.4) is 0 Å². The first-order valence-corrected chi connectivity index (χ1v) is 6.61. The van der Waals surface area contributed by atoms with Crippen molar-refractivity contribution in [2.45, 2.75) is 6.92 Å². The molecule has 0 aliphatic heterocycles. The number of carbonyl (C=O) groups is 2. The number of hydrogen-bond acceptors (Lipinski definition) is 4. The second-order valence-electron chi connectivity index (χ2n) is 4.05. The number of aryl methyl sites for hydroxylation is 1. The molecule has 0 unspecified atom stereocenters. The number of nitrogens with one attached hydrogen (secondary N) is 1. The smallest absolute Gasteiger partial charge is 0.328 e. The fraction of sp³-hybridized carbons (Fsp3) is 0.0714. The summed E-state index contributed by atoms with van der Waals surface area (Å²) >= 11 is 1.22. The molecule has 2 rings (SSSR count). The Hall–Kier alpha value is -2.47. The van der Waals surface area contributed by atoms with Crippen LogP contribution in [0, 0.1) is 6.92 Å². The third kappa shape index (κ3) is 3.76. The molecular weight excluding hydrogens is 276 g/mol. The number of aliphatic carboxylic acids is 1. The van der Waals surface area contributed by atoms with Crippen molar-refractivity contribution in [3.63, 3.8) is 0 Å². The monoisotopic (exact) mass is 288 g/mol. The van der Waals surface area contributed by atoms with Gasteiger partial charge >= 0.3 is 5.97 Å². The molecule has 0 saturated carbocycles. The first kappa shape index (κ1) is 14.0. The van der Waals surface area contributed by atoms with E-state index >= 15 is 0 Å². The lowest BCUT2D eigenvalue weighted by Crippen LogP contribution is -2.11. The third-order valence-electron chi connectivity index (χ3n) is 2.39. The number of anilines is 1. The summed E-state index contributed by atoms with van der Waals surface area (Å²) in [6.07, 6.45) is 4.16. The van der Waals surface area contributed by atoms with Crippen molar-refractivity contribution in [3.05, 3.63) is 51.9 Å². The van der Waals surface area contributed by atoms with Gasteiger partial charge < -0.3 is 10.4 Å². The Balaban J connectivity index is 2.06. The molecule has 0 aliphatic carbocycles. The number of carboxylic acids is 1. The maximum absolute atomic E-state index is 12.0. The Bertz CT molecular complexity index is 659. The van der Waals surface area contributed by atoms with E-state index < -0.39 is 5.97 Å². The van der Waals surface area contributed by atoms with E-state index in [2.05, 4.69) is 10.3 Å². The van der Waals surface area contributed by atoms with Crippen LogP contribution in [-0.2, 0) is 4.79 Å². The number of carbonyl (C=O) groups excluding carboxylic acids is 1. The van der Waals surface area contributed by atoms with Crippen LogP contribution in [0.15, 0.2) is 36.5 Å². The van der Waals surface area contributed by atoms with Gasteiger partial charge in [-0.1, -0.05) is 6.07 Å². The molecule has 2 heterocycles. The highest BCUT2D eigenvalue weighted by Gasteiger charge is 2.09. The standard InChI is InChI=1S/C14H12N2O3S/c1-9-2-6-12(15-8-9)16-14(19)11-5-3-10(20-11)4-7-13(17)18/h2-8H,1H3,(H,17,18)(H,15,16,19). The van der Waals surface area contributed by atoms with Gasteiger partial charge in [-0.2, -0.15) is 0 Å². The van der Waals surface area contributed by atoms with Gasteiger partial charge in [-0.15, -0.1) is 11.3 Å². The molecular formula is C14H12N2O3S. The topological polar surface area (TPSA) is 79.3 Å². The van der Waals surface area contributed by atoms with E-state index in [1.807, 2.05) is 13.0 Å². The Morgan fingerprint density at radius 3 is 2.75 bits per heavy atom. The predicted octanol–water partition coefficient (Wildman–Crippen LogP) is 2.80. The van der Waals surface area contributed by atoms with E-state index in [1.165, 1.54) is 17.4 Å². The van der Waals surface area contributed by atoms with Crippen molar-refractivity contribution in [2.24, 2.45) is 0 Å². The Kier molecular flexibility index (Phi) is 4.27. The fourth-order valence-corrected chi connectivity index (χ4v) is 2.24. The summed E-state index contributed by atoms with van der Waals surface area (Å²) in [5.41, 5.74) is 1.01. The summed E-state index contributed by atoms with van der Waals surface area (Å²) in [6, 6.07) is 6.93. The Labute approximate surface area is 119 Å². The number of rotatable bonds is 4. The molecule has 2 aromatic heterocycles. The molecule has 0 bridgehead atoms. The molecule has 0 saturated heterocycles. The molecule has 6 heteroatoms. The highest BCUT2D eigenvalue weighted by Crippen LogP contribution is 2.19. The lowest BCUT2D eigenvalue weighted by Gasteiger charge is -2.02. The van der Waals surface area contributed by atoms with Crippen LogP contribution in [0.2, 0.25) is 0 Å². The normalized spacial score (nSPS) is 10.7. The summed E-state index contributed by atoms with van der Waals surface area (Å²) in [5.74, 6) is -0.800. The number of hydrogen-bond donors (Lipinski definition) is 2. The molecule has 2 aromatic rings. The summed E-state index contributed by atoms with van der Waals surface area (Å²) in [6.45, 7) is 1.92. The molecule has 0 aliphatic rings. The highest BCUT2D eigenvalue weighted by molar-refractivity contribution is 7.15. The van der Waals surface area contributed by atoms with Crippen LogP contribution in [0.1, 0.15) is 20.1 Å². The third-order valence-corrected chi connectivity index (χ3v) is 3.44. The lowest BCUT2D eigenvalue weighted by molar-refractivity contribution is -0.131. The van der Waals surface area contributed by atoms with Crippen molar-refractivity contribution in [3.8, 4) is 0 Å². The van der Waals surface area contributed by atoms with Gasteiger partial charge in [0.15, 0.2) is 0 Å². The van der Waals surface area contributed by atoms with Gasteiger partial charge in [-0.25, -0.2) is 9.78 Å². The minimum atomic E-state index is -1.02. The summed E-state index contributed by atoms with van der Waals surface area (Å²) < 4.78 is 0. The first-order valence-electron chi connectivity index (χ1n) is 5.79. The van der Waals surface area contributed by atoms with Crippen LogP contribution < -0.4 is 5.32 Å². The molecule has 20 heavy (non-hydrogen) atoms. The quantitative estimate of drug-likeness (QED) is 0.848. The summed E-state index contributed by atoms with van der Waals surface area (Å²) in [4.78, 5) is 27.7. The average Bonchev–Trinajstić information content (AvgIpc) is 2.88. The van der Waals surface area contributed by atoms with E-state index in [9.17, 15) is 9.59 Å². The van der Waals surface area contributed by atoms with Crippen molar-refractivity contribution in [2.75, 3.05) is 5.32 Å². The highest BCUT2D eigenvalue weighted by atomic mass is 32.1. The van der Waals surface area contributed by atoms with E-state index in [-0.39, 0.29) is 5.91 Å². The number of nitrogens with zero attached hydrogens (tertiary/aromatic N) is 1. The lowest BCUT2D eigenvalue weighted by atomic mass is 10.3. The zero-order valence-electron chi connectivity index (χ0n) is 10.7. The predicted molar refractivity (Wildman–Crippen MR) is 77.9 cm³/mol. The first-order chi connectivity index (χ1) is 9.54. The van der Waals surface area contributed by atoms with Gasteiger partial charge in [0.05, 0.1) is 4.88 Å². The zero-order chi connectivity index (χ0) is 14.5. The van der Waals surface area contributed by atoms with Gasteiger partial charge in [0.2, 0.25) is 0 Å². The second-order valence-corrected chi connectivity index (χ2v) is 5.16. The average molecular weight is 288 g/mol. The van der Waals surface area contributed by atoms with Crippen LogP contribution in [0.4, 0.5) is 5.82 Å². The van der Waals surface area contributed by atoms with E-state index in [0.717, 1.165) is 11.6 Å². The number of amides is 1. The molecule has 2 N–H and O–H groups in total. The molecule has 0 aromatic carbocycles. The zero-order valence-corrected chi connectivity index (χ0v) is 11.5. The van der Waals surface area contributed by atoms with Crippen LogP contribution in [-0.4, -0.2) is 22.0 Å². The van der Waals surface area contributed by atoms with Crippen molar-refractivity contribution in [1.29, 1.82) is 0 Å². The number of pyridine rings is 1. The summed E-state index contributed by atoms with van der Waals surface area (Å²) in [5, 5.41) is 11.2. The van der Waals surface area contributed by atoms with Crippen molar-refractivity contribution in [1.82, 2.24) is 4.98 Å². The number of aromatic nitrogens is 1. The minimum absolute atomic E-state index is 0.263. The van der Waals surface area contributed by atoms with Gasteiger partial charge in [-0.05, 0) is 36.8 Å².